The number of hydrogen-bond donors (Lipinski definition) is 0. The van der Waals surface area contributed by atoms with Crippen LogP contribution < -0.4 is 0 Å². The van der Waals surface area contributed by atoms with Gasteiger partial charge in [-0.1, -0.05) is 242 Å². The summed E-state index contributed by atoms with van der Waals surface area (Å²) in [4.78, 5) is 38.2. The molecule has 0 rings (SSSR count). The second kappa shape index (κ2) is 57.7. The molecule has 69 heavy (non-hydrogen) atoms. The molecule has 0 radical (unpaired) electrons. The van der Waals surface area contributed by atoms with Crippen molar-refractivity contribution in [3.63, 3.8) is 0 Å². The molecule has 0 aliphatic heterocycles. The number of ether oxygens (including phenoxy) is 3. The summed E-state index contributed by atoms with van der Waals surface area (Å²) in [6.07, 6.45) is 72.1. The predicted molar refractivity (Wildman–Crippen MR) is 298 cm³/mol. The SMILES string of the molecule is CCC/C=C\C/C=C\CCCCCCCC(=O)OCC(COC(=O)CCCCCCCCCCCCC/C=C\C/C=C\CCCCCCC)OC(=O)CCCCCCC/C=C\CCCCCCCC. The summed E-state index contributed by atoms with van der Waals surface area (Å²) in [6.45, 7) is 6.57. The van der Waals surface area contributed by atoms with Crippen molar-refractivity contribution >= 4 is 17.9 Å². The Balaban J connectivity index is 4.31. The maximum Gasteiger partial charge on any atom is 0.306 e. The van der Waals surface area contributed by atoms with Gasteiger partial charge in [-0.3, -0.25) is 14.4 Å². The molecular formula is C63H112O6. The van der Waals surface area contributed by atoms with E-state index in [0.29, 0.717) is 19.3 Å². The summed E-state index contributed by atoms with van der Waals surface area (Å²) in [5.41, 5.74) is 0. The van der Waals surface area contributed by atoms with Gasteiger partial charge in [0.25, 0.3) is 0 Å². The topological polar surface area (TPSA) is 78.9 Å². The predicted octanol–water partition coefficient (Wildman–Crippen LogP) is 20.0. The number of carbonyl (C=O) groups is 3. The lowest BCUT2D eigenvalue weighted by Crippen LogP contribution is -2.30. The smallest absolute Gasteiger partial charge is 0.306 e. The van der Waals surface area contributed by atoms with Gasteiger partial charge in [-0.2, -0.15) is 0 Å². The lowest BCUT2D eigenvalue weighted by molar-refractivity contribution is -0.167. The van der Waals surface area contributed by atoms with Crippen LogP contribution in [0.15, 0.2) is 60.8 Å². The first-order chi connectivity index (χ1) is 34.0. The molecule has 0 aliphatic rings. The van der Waals surface area contributed by atoms with Gasteiger partial charge < -0.3 is 14.2 Å². The Kier molecular flexibility index (Phi) is 55.3. The molecule has 400 valence electrons. The van der Waals surface area contributed by atoms with Gasteiger partial charge in [0, 0.05) is 19.3 Å². The van der Waals surface area contributed by atoms with Crippen LogP contribution in [0, 0.1) is 0 Å². The Labute approximate surface area is 428 Å². The second-order valence-corrected chi connectivity index (χ2v) is 19.9. The summed E-state index contributed by atoms with van der Waals surface area (Å²) in [6, 6.07) is 0. The van der Waals surface area contributed by atoms with Gasteiger partial charge in [-0.25, -0.2) is 0 Å². The van der Waals surface area contributed by atoms with Gasteiger partial charge in [0.15, 0.2) is 6.10 Å². The quantitative estimate of drug-likeness (QED) is 0.0262. The molecule has 0 saturated heterocycles. The van der Waals surface area contributed by atoms with Crippen LogP contribution in [0.25, 0.3) is 0 Å². The number of esters is 3. The zero-order valence-electron chi connectivity index (χ0n) is 45.8. The molecule has 0 aliphatic carbocycles. The Morgan fingerprint density at radius 3 is 0.870 bits per heavy atom. The van der Waals surface area contributed by atoms with Crippen LogP contribution in [-0.2, 0) is 28.6 Å². The van der Waals surface area contributed by atoms with E-state index in [1.165, 1.54) is 161 Å². The normalized spacial score (nSPS) is 12.4. The van der Waals surface area contributed by atoms with Crippen LogP contribution in [0.1, 0.15) is 303 Å². The first-order valence-corrected chi connectivity index (χ1v) is 29.8. The molecule has 0 fully saturated rings. The molecule has 0 aromatic carbocycles. The average molecular weight is 966 g/mol. The van der Waals surface area contributed by atoms with Gasteiger partial charge in [0.05, 0.1) is 0 Å². The molecule has 0 spiro atoms. The van der Waals surface area contributed by atoms with Crippen molar-refractivity contribution in [2.45, 2.75) is 309 Å². The largest absolute Gasteiger partial charge is 0.462 e. The molecule has 0 saturated carbocycles. The highest BCUT2D eigenvalue weighted by molar-refractivity contribution is 5.71. The number of carbonyl (C=O) groups excluding carboxylic acids is 3. The zero-order valence-corrected chi connectivity index (χ0v) is 45.8. The third-order valence-corrected chi connectivity index (χ3v) is 12.9. The molecule has 0 aromatic heterocycles. The number of unbranched alkanes of at least 4 members (excludes halogenated alkanes) is 33. The van der Waals surface area contributed by atoms with E-state index >= 15 is 0 Å². The Hall–Kier alpha value is -2.89. The first-order valence-electron chi connectivity index (χ1n) is 29.8. The average Bonchev–Trinajstić information content (AvgIpc) is 3.35. The van der Waals surface area contributed by atoms with Crippen LogP contribution in [0.4, 0.5) is 0 Å². The van der Waals surface area contributed by atoms with Gasteiger partial charge in [-0.05, 0) is 103 Å². The molecule has 6 heteroatoms. The van der Waals surface area contributed by atoms with Crippen molar-refractivity contribution in [2.24, 2.45) is 0 Å². The Morgan fingerprint density at radius 1 is 0.290 bits per heavy atom. The van der Waals surface area contributed by atoms with Crippen LogP contribution >= 0.6 is 0 Å². The minimum absolute atomic E-state index is 0.0820. The molecule has 1 atom stereocenters. The van der Waals surface area contributed by atoms with Gasteiger partial charge in [0.2, 0.25) is 0 Å². The van der Waals surface area contributed by atoms with Gasteiger partial charge in [0.1, 0.15) is 13.2 Å². The van der Waals surface area contributed by atoms with Gasteiger partial charge in [-0.15, -0.1) is 0 Å². The summed E-state index contributed by atoms with van der Waals surface area (Å²) in [7, 11) is 0. The maximum absolute atomic E-state index is 12.8. The summed E-state index contributed by atoms with van der Waals surface area (Å²) in [5.74, 6) is -0.896. The van der Waals surface area contributed by atoms with E-state index < -0.39 is 6.10 Å². The van der Waals surface area contributed by atoms with E-state index in [1.54, 1.807) is 0 Å². The maximum atomic E-state index is 12.8. The molecule has 0 aromatic rings. The van der Waals surface area contributed by atoms with E-state index in [2.05, 4.69) is 81.5 Å². The van der Waals surface area contributed by atoms with E-state index in [1.807, 2.05) is 0 Å². The zero-order chi connectivity index (χ0) is 50.0. The molecule has 0 bridgehead atoms. The summed E-state index contributed by atoms with van der Waals surface area (Å²) < 4.78 is 16.9. The van der Waals surface area contributed by atoms with Crippen molar-refractivity contribution in [1.29, 1.82) is 0 Å². The first kappa shape index (κ1) is 66.1. The van der Waals surface area contributed by atoms with E-state index in [0.717, 1.165) is 103 Å². The van der Waals surface area contributed by atoms with Crippen molar-refractivity contribution < 1.29 is 28.6 Å². The minimum atomic E-state index is -0.785. The highest BCUT2D eigenvalue weighted by Crippen LogP contribution is 2.16. The second-order valence-electron chi connectivity index (χ2n) is 19.9. The standard InChI is InChI=1S/C63H112O6/c1-4-7-10-13-16-19-22-25-27-28-29-30-31-32-33-34-36-38-41-44-47-50-53-56-62(65)68-59-60(58-67-61(64)55-52-49-46-43-40-37-24-21-18-15-12-9-6-3)69-63(66)57-54-51-48-45-42-39-35-26-23-20-17-14-11-8-5-2/h12,15,21-22,24-26,28-29,35,60H,4-11,13-14,16-20,23,27,30-34,36-59H2,1-3H3/b15-12-,24-21-,25-22-,29-28-,35-26-. The van der Waals surface area contributed by atoms with Crippen LogP contribution in [0.2, 0.25) is 0 Å². The monoisotopic (exact) mass is 965 g/mol. The highest BCUT2D eigenvalue weighted by atomic mass is 16.6. The number of allylic oxidation sites excluding steroid dienone is 10. The molecule has 6 nitrogen and oxygen atoms in total. The molecule has 0 amide bonds. The fourth-order valence-corrected chi connectivity index (χ4v) is 8.45. The fraction of sp³-hybridized carbons (Fsp3) is 0.794. The molecular weight excluding hydrogens is 853 g/mol. The van der Waals surface area contributed by atoms with Crippen LogP contribution in [0.3, 0.4) is 0 Å². The molecule has 0 heterocycles. The van der Waals surface area contributed by atoms with E-state index in [9.17, 15) is 14.4 Å². The molecule has 1 unspecified atom stereocenters. The van der Waals surface area contributed by atoms with Crippen LogP contribution in [0.5, 0.6) is 0 Å². The van der Waals surface area contributed by atoms with E-state index in [-0.39, 0.29) is 31.1 Å². The Bertz CT molecular complexity index is 1250. The Morgan fingerprint density at radius 2 is 0.551 bits per heavy atom. The third kappa shape index (κ3) is 55.9. The fourth-order valence-electron chi connectivity index (χ4n) is 8.45. The summed E-state index contributed by atoms with van der Waals surface area (Å²) in [5, 5.41) is 0. The van der Waals surface area contributed by atoms with Crippen molar-refractivity contribution in [3.05, 3.63) is 60.8 Å². The third-order valence-electron chi connectivity index (χ3n) is 12.9. The molecule has 0 N–H and O–H groups in total. The van der Waals surface area contributed by atoms with Crippen molar-refractivity contribution in [2.75, 3.05) is 13.2 Å². The van der Waals surface area contributed by atoms with Crippen LogP contribution in [-0.4, -0.2) is 37.2 Å². The number of hydrogen-bond acceptors (Lipinski definition) is 6. The minimum Gasteiger partial charge on any atom is -0.462 e. The highest BCUT2D eigenvalue weighted by Gasteiger charge is 2.19. The van der Waals surface area contributed by atoms with Crippen molar-refractivity contribution in [3.8, 4) is 0 Å². The van der Waals surface area contributed by atoms with Gasteiger partial charge >= 0.3 is 17.9 Å². The lowest BCUT2D eigenvalue weighted by atomic mass is 10.0. The lowest BCUT2D eigenvalue weighted by Gasteiger charge is -2.18. The van der Waals surface area contributed by atoms with Crippen molar-refractivity contribution in [1.82, 2.24) is 0 Å². The van der Waals surface area contributed by atoms with E-state index in [4.69, 9.17) is 14.2 Å². The number of rotatable bonds is 54. The summed E-state index contributed by atoms with van der Waals surface area (Å²) >= 11 is 0.